The molecule has 4 aromatic rings. The summed E-state index contributed by atoms with van der Waals surface area (Å²) in [6.45, 7) is 0.976. The minimum atomic E-state index is -1.40. The molecule has 2 N–H and O–H groups in total. The van der Waals surface area contributed by atoms with E-state index in [1.165, 1.54) is 30.3 Å². The second-order valence-electron chi connectivity index (χ2n) is 8.28. The van der Waals surface area contributed by atoms with Gasteiger partial charge in [0.2, 0.25) is 0 Å². The first-order valence-electron chi connectivity index (χ1n) is 10.8. The monoisotopic (exact) mass is 467 g/mol. The van der Waals surface area contributed by atoms with Crippen molar-refractivity contribution in [1.29, 1.82) is 0 Å². The predicted molar refractivity (Wildman–Crippen MR) is 120 cm³/mol. The van der Waals surface area contributed by atoms with Gasteiger partial charge in [-0.05, 0) is 60.9 Å². The first-order chi connectivity index (χ1) is 16.3. The fraction of sp³-hybridized carbons (Fsp3) is 0.192. The van der Waals surface area contributed by atoms with Gasteiger partial charge in [-0.3, -0.25) is 0 Å². The molecule has 1 saturated heterocycles. The van der Waals surface area contributed by atoms with Gasteiger partial charge in [-0.2, -0.15) is 0 Å². The quantitative estimate of drug-likeness (QED) is 0.386. The van der Waals surface area contributed by atoms with Crippen LogP contribution in [-0.4, -0.2) is 34.0 Å². The van der Waals surface area contributed by atoms with E-state index in [9.17, 15) is 28.2 Å². The molecule has 0 radical (unpaired) electrons. The van der Waals surface area contributed by atoms with Crippen LogP contribution < -0.4 is 0 Å². The van der Waals surface area contributed by atoms with Crippen LogP contribution in [0.25, 0.3) is 27.7 Å². The molecule has 1 aliphatic rings. The van der Waals surface area contributed by atoms with Crippen LogP contribution in [0.2, 0.25) is 0 Å². The van der Waals surface area contributed by atoms with E-state index < -0.39 is 29.0 Å². The smallest absolute Gasteiger partial charge is 0.338 e. The average Bonchev–Trinajstić information content (AvgIpc) is 3.15. The molecule has 0 amide bonds. The van der Waals surface area contributed by atoms with Crippen LogP contribution in [-0.2, 0) is 4.74 Å². The van der Waals surface area contributed by atoms with Gasteiger partial charge in [-0.25, -0.2) is 18.0 Å². The molecule has 5 nitrogen and oxygen atoms in total. The van der Waals surface area contributed by atoms with Crippen LogP contribution in [0.15, 0.2) is 54.6 Å². The van der Waals surface area contributed by atoms with Crippen LogP contribution in [0.1, 0.15) is 34.8 Å². The van der Waals surface area contributed by atoms with E-state index in [0.29, 0.717) is 59.5 Å². The van der Waals surface area contributed by atoms with Crippen LogP contribution in [0.5, 0.6) is 5.75 Å². The largest absolute Gasteiger partial charge is 0.507 e. The Labute approximate surface area is 192 Å². The number of halogens is 3. The third kappa shape index (κ3) is 3.70. The molecule has 0 saturated carbocycles. The van der Waals surface area contributed by atoms with E-state index >= 15 is 0 Å². The molecule has 8 heteroatoms. The van der Waals surface area contributed by atoms with Crippen LogP contribution in [0.3, 0.4) is 0 Å². The highest BCUT2D eigenvalue weighted by atomic mass is 19.1. The Kier molecular flexibility index (Phi) is 5.53. The summed E-state index contributed by atoms with van der Waals surface area (Å²) in [5, 5.41) is 20.3. The number of hydrogen-bond acceptors (Lipinski definition) is 3. The lowest BCUT2D eigenvalue weighted by Gasteiger charge is -2.26. The molecule has 0 atom stereocenters. The number of aromatic carboxylic acids is 1. The van der Waals surface area contributed by atoms with Gasteiger partial charge < -0.3 is 19.5 Å². The minimum absolute atomic E-state index is 0.0918. The van der Waals surface area contributed by atoms with Gasteiger partial charge in [0, 0.05) is 42.1 Å². The molecule has 174 valence electrons. The first-order valence-corrected chi connectivity index (χ1v) is 10.8. The second-order valence-corrected chi connectivity index (χ2v) is 8.28. The summed E-state index contributed by atoms with van der Waals surface area (Å²) in [5.41, 5.74) is 1.91. The van der Waals surface area contributed by atoms with Crippen LogP contribution >= 0.6 is 0 Å². The summed E-state index contributed by atoms with van der Waals surface area (Å²) >= 11 is 0. The number of benzene rings is 3. The van der Waals surface area contributed by atoms with Gasteiger partial charge in [0.05, 0.1) is 16.5 Å². The molecule has 1 aliphatic heterocycles. The van der Waals surface area contributed by atoms with Crippen molar-refractivity contribution in [2.75, 3.05) is 13.2 Å². The number of phenols is 1. The highest BCUT2D eigenvalue weighted by molar-refractivity contribution is 6.03. The Balaban J connectivity index is 1.90. The predicted octanol–water partition coefficient (Wildman–Crippen LogP) is 6.01. The zero-order chi connectivity index (χ0) is 24.0. The molecule has 5 rings (SSSR count). The maximum Gasteiger partial charge on any atom is 0.338 e. The Morgan fingerprint density at radius 1 is 0.941 bits per heavy atom. The van der Waals surface area contributed by atoms with Gasteiger partial charge in [-0.15, -0.1) is 0 Å². The molecule has 3 aromatic carbocycles. The van der Waals surface area contributed by atoms with E-state index in [4.69, 9.17) is 4.74 Å². The first kappa shape index (κ1) is 22.0. The van der Waals surface area contributed by atoms with Gasteiger partial charge in [0.15, 0.2) is 0 Å². The maximum atomic E-state index is 14.7. The molecule has 2 heterocycles. The third-order valence-electron chi connectivity index (χ3n) is 6.23. The van der Waals surface area contributed by atoms with E-state index in [0.717, 1.165) is 12.1 Å². The number of ether oxygens (including phenoxy) is 1. The van der Waals surface area contributed by atoms with Gasteiger partial charge in [-0.1, -0.05) is 6.07 Å². The van der Waals surface area contributed by atoms with Crippen LogP contribution in [0, 0.1) is 17.5 Å². The summed E-state index contributed by atoms with van der Waals surface area (Å²) in [6, 6.07) is 11.7. The minimum Gasteiger partial charge on any atom is -0.507 e. The van der Waals surface area contributed by atoms with Gasteiger partial charge in [0.1, 0.15) is 23.2 Å². The topological polar surface area (TPSA) is 71.7 Å². The molecular weight excluding hydrogens is 447 g/mol. The molecule has 0 unspecified atom stereocenters. The number of carbonyl (C=O) groups is 1. The van der Waals surface area contributed by atoms with Crippen molar-refractivity contribution < 1.29 is 32.9 Å². The van der Waals surface area contributed by atoms with Crippen molar-refractivity contribution in [2.45, 2.75) is 18.8 Å². The lowest BCUT2D eigenvalue weighted by Crippen LogP contribution is -2.17. The molecule has 0 spiro atoms. The average molecular weight is 467 g/mol. The van der Waals surface area contributed by atoms with Crippen molar-refractivity contribution in [3.63, 3.8) is 0 Å². The summed E-state index contributed by atoms with van der Waals surface area (Å²) in [5.74, 6) is -3.84. The Bertz CT molecular complexity index is 1410. The molecule has 0 aliphatic carbocycles. The third-order valence-corrected chi connectivity index (χ3v) is 6.23. The van der Waals surface area contributed by atoms with Crippen LogP contribution in [0.4, 0.5) is 13.2 Å². The Morgan fingerprint density at radius 2 is 1.65 bits per heavy atom. The fourth-order valence-corrected chi connectivity index (χ4v) is 4.74. The van der Waals surface area contributed by atoms with E-state index in [-0.39, 0.29) is 11.7 Å². The normalized spacial score (nSPS) is 14.6. The summed E-state index contributed by atoms with van der Waals surface area (Å²) < 4.78 is 50.2. The number of hydrogen-bond donors (Lipinski definition) is 2. The number of fused-ring (bicyclic) bond motifs is 1. The SMILES string of the molecule is O=C(O)c1ccc(-c2c(C3CCOCC3)n(-c3ccc(F)cc3)c3cc(F)cc(O)c23)cc1F. The highest BCUT2D eigenvalue weighted by Crippen LogP contribution is 2.46. The lowest BCUT2D eigenvalue weighted by atomic mass is 9.89. The number of carboxylic acids is 1. The van der Waals surface area contributed by atoms with E-state index in [1.54, 1.807) is 16.7 Å². The highest BCUT2D eigenvalue weighted by Gasteiger charge is 2.30. The van der Waals surface area contributed by atoms with Crippen molar-refractivity contribution in [2.24, 2.45) is 0 Å². The van der Waals surface area contributed by atoms with Crippen molar-refractivity contribution in [1.82, 2.24) is 4.57 Å². The summed E-state index contributed by atoms with van der Waals surface area (Å²) in [7, 11) is 0. The summed E-state index contributed by atoms with van der Waals surface area (Å²) in [6.07, 6.45) is 1.26. The molecule has 0 bridgehead atoms. The molecular formula is C26H20F3NO4. The summed E-state index contributed by atoms with van der Waals surface area (Å²) in [4.78, 5) is 11.3. The number of phenolic OH excluding ortho intramolecular Hbond substituents is 1. The molecule has 1 fully saturated rings. The second kappa shape index (κ2) is 8.53. The number of rotatable bonds is 4. The van der Waals surface area contributed by atoms with Crippen molar-refractivity contribution in [3.8, 4) is 22.6 Å². The van der Waals surface area contributed by atoms with Crippen molar-refractivity contribution >= 4 is 16.9 Å². The zero-order valence-electron chi connectivity index (χ0n) is 17.9. The number of nitrogens with zero attached hydrogens (tertiary/aromatic N) is 1. The van der Waals surface area contributed by atoms with E-state index in [1.807, 2.05) is 0 Å². The van der Waals surface area contributed by atoms with Crippen molar-refractivity contribution in [3.05, 3.63) is 83.3 Å². The fourth-order valence-electron chi connectivity index (χ4n) is 4.74. The number of carboxylic acid groups (broad SMARTS) is 1. The van der Waals surface area contributed by atoms with Gasteiger partial charge >= 0.3 is 5.97 Å². The lowest BCUT2D eigenvalue weighted by molar-refractivity contribution is 0.0692. The standard InChI is InChI=1S/C26H20F3NO4/c27-16-2-4-18(5-3-16)30-21-12-17(28)13-22(31)24(21)23(25(30)14-7-9-34-10-8-14)15-1-6-19(26(32)33)20(29)11-15/h1-6,11-14,31H,7-10H2,(H,32,33). The zero-order valence-corrected chi connectivity index (χ0v) is 17.9. The number of aromatic nitrogens is 1. The number of aromatic hydroxyl groups is 1. The van der Waals surface area contributed by atoms with Gasteiger partial charge in [0.25, 0.3) is 0 Å². The molecule has 34 heavy (non-hydrogen) atoms. The maximum absolute atomic E-state index is 14.7. The molecule has 1 aromatic heterocycles. The Morgan fingerprint density at radius 3 is 2.29 bits per heavy atom. The van der Waals surface area contributed by atoms with E-state index in [2.05, 4.69) is 0 Å². The Hall–Kier alpha value is -3.78.